The molecule has 1 saturated heterocycles. The van der Waals surface area contributed by atoms with Gasteiger partial charge in [-0.25, -0.2) is 4.79 Å². The number of rotatable bonds is 6. The lowest BCUT2D eigenvalue weighted by molar-refractivity contribution is -0.126. The molecule has 27 heavy (non-hydrogen) atoms. The third-order valence-electron chi connectivity index (χ3n) is 6.97. The maximum atomic E-state index is 12.8. The van der Waals surface area contributed by atoms with Crippen LogP contribution in [0.2, 0.25) is 0 Å². The summed E-state index contributed by atoms with van der Waals surface area (Å²) in [6.45, 7) is 7.93. The van der Waals surface area contributed by atoms with Crippen LogP contribution in [0.15, 0.2) is 0 Å². The topological polar surface area (TPSA) is 98.6 Å². The lowest BCUT2D eigenvalue weighted by atomic mass is 9.68. The average molecular weight is 380 g/mol. The van der Waals surface area contributed by atoms with Gasteiger partial charge in [0, 0.05) is 19.0 Å². The minimum absolute atomic E-state index is 0.129. The molecule has 2 aliphatic carbocycles. The van der Waals surface area contributed by atoms with Gasteiger partial charge >= 0.3 is 6.09 Å². The fourth-order valence-corrected chi connectivity index (χ4v) is 5.69. The van der Waals surface area contributed by atoms with Crippen molar-refractivity contribution in [2.75, 3.05) is 19.6 Å². The first kappa shape index (κ1) is 20.6. The van der Waals surface area contributed by atoms with Gasteiger partial charge in [0.25, 0.3) is 0 Å². The second-order valence-corrected chi connectivity index (χ2v) is 10.0. The zero-order chi connectivity index (χ0) is 19.8. The molecule has 6 nitrogen and oxygen atoms in total. The molecule has 1 heterocycles. The minimum Gasteiger partial charge on any atom is -0.444 e. The van der Waals surface area contributed by atoms with Crippen molar-refractivity contribution in [3.05, 3.63) is 0 Å². The van der Waals surface area contributed by atoms with E-state index in [1.807, 2.05) is 25.7 Å². The molecule has 5 atom stereocenters. The van der Waals surface area contributed by atoms with E-state index in [1.165, 1.54) is 0 Å². The van der Waals surface area contributed by atoms with Crippen molar-refractivity contribution >= 4 is 11.9 Å². The van der Waals surface area contributed by atoms with Crippen molar-refractivity contribution < 1.29 is 14.3 Å². The number of carbonyl (C=O) groups is 2. The number of ether oxygens (including phenoxy) is 1. The third-order valence-corrected chi connectivity index (χ3v) is 6.97. The normalized spacial score (nSPS) is 33.7. The molecule has 1 spiro atoms. The summed E-state index contributed by atoms with van der Waals surface area (Å²) >= 11 is 0. The Balaban J connectivity index is 1.54. The van der Waals surface area contributed by atoms with E-state index in [2.05, 4.69) is 0 Å². The summed E-state index contributed by atoms with van der Waals surface area (Å²) in [4.78, 5) is 27.1. The standard InChI is InChI=1S/C21H37N3O3/c1-20(2,3)27-19(26)24-9-7-21(13-24)12-14-10-15(21)11-16(14)18(25)17(23)6-4-5-8-22/h14-17H,4-13,22-23H2,1-3H3/t14?,15?,16?,17-,21?/m0/s1. The molecular weight excluding hydrogens is 342 g/mol. The van der Waals surface area contributed by atoms with E-state index in [1.54, 1.807) is 0 Å². The molecule has 0 radical (unpaired) electrons. The van der Waals surface area contributed by atoms with Gasteiger partial charge in [0.15, 0.2) is 5.78 Å². The van der Waals surface area contributed by atoms with Crippen molar-refractivity contribution in [3.8, 4) is 0 Å². The lowest BCUT2D eigenvalue weighted by Gasteiger charge is -2.37. The number of amides is 1. The van der Waals surface area contributed by atoms with Gasteiger partial charge in [-0.2, -0.15) is 0 Å². The highest BCUT2D eigenvalue weighted by molar-refractivity contribution is 5.86. The summed E-state index contributed by atoms with van der Waals surface area (Å²) in [5, 5.41) is 0. The van der Waals surface area contributed by atoms with Crippen LogP contribution in [0.4, 0.5) is 4.79 Å². The Labute approximate surface area is 163 Å². The van der Waals surface area contributed by atoms with E-state index in [-0.39, 0.29) is 29.3 Å². The average Bonchev–Trinajstić information content (AvgIpc) is 3.27. The number of unbranched alkanes of at least 4 members (excludes halogenated alkanes) is 1. The summed E-state index contributed by atoms with van der Waals surface area (Å²) in [5.74, 6) is 1.38. The minimum atomic E-state index is -0.459. The number of ketones is 1. The van der Waals surface area contributed by atoms with Gasteiger partial charge in [0.1, 0.15) is 5.60 Å². The second kappa shape index (κ2) is 7.70. The van der Waals surface area contributed by atoms with Gasteiger partial charge in [0.05, 0.1) is 6.04 Å². The molecule has 0 aromatic rings. The predicted molar refractivity (Wildman–Crippen MR) is 105 cm³/mol. The zero-order valence-electron chi connectivity index (χ0n) is 17.2. The van der Waals surface area contributed by atoms with E-state index in [9.17, 15) is 9.59 Å². The molecule has 4 N–H and O–H groups in total. The van der Waals surface area contributed by atoms with Crippen LogP contribution in [-0.4, -0.2) is 48.1 Å². The number of hydrogen-bond acceptors (Lipinski definition) is 5. The van der Waals surface area contributed by atoms with Crippen LogP contribution in [0.25, 0.3) is 0 Å². The number of Topliss-reactive ketones (excluding diaryl/α,β-unsaturated/α-hetero) is 1. The number of fused-ring (bicyclic) bond motifs is 3. The molecule has 2 saturated carbocycles. The lowest BCUT2D eigenvalue weighted by Crippen LogP contribution is -2.42. The quantitative estimate of drug-likeness (QED) is 0.691. The molecule has 1 amide bonds. The van der Waals surface area contributed by atoms with Crippen LogP contribution in [0.5, 0.6) is 0 Å². The number of likely N-dealkylation sites (tertiary alicyclic amines) is 1. The van der Waals surface area contributed by atoms with Crippen molar-refractivity contribution in [3.63, 3.8) is 0 Å². The van der Waals surface area contributed by atoms with Crippen LogP contribution in [0, 0.1) is 23.2 Å². The Morgan fingerprint density at radius 3 is 2.59 bits per heavy atom. The summed E-state index contributed by atoms with van der Waals surface area (Å²) in [6, 6.07) is -0.335. The van der Waals surface area contributed by atoms with Gasteiger partial charge in [0.2, 0.25) is 0 Å². The maximum absolute atomic E-state index is 12.8. The van der Waals surface area contributed by atoms with Crippen LogP contribution in [-0.2, 0) is 9.53 Å². The summed E-state index contributed by atoms with van der Waals surface area (Å²) < 4.78 is 5.55. The van der Waals surface area contributed by atoms with E-state index in [0.717, 1.165) is 58.0 Å². The van der Waals surface area contributed by atoms with Crippen molar-refractivity contribution in [2.45, 2.75) is 77.4 Å². The molecule has 6 heteroatoms. The predicted octanol–water partition coefficient (Wildman–Crippen LogP) is 2.69. The molecular formula is C21H37N3O3. The van der Waals surface area contributed by atoms with Gasteiger partial charge in [-0.15, -0.1) is 0 Å². The van der Waals surface area contributed by atoms with E-state index in [0.29, 0.717) is 18.4 Å². The molecule has 0 aromatic heterocycles. The number of hydrogen-bond donors (Lipinski definition) is 2. The Morgan fingerprint density at radius 1 is 1.26 bits per heavy atom. The number of nitrogens with two attached hydrogens (primary N) is 2. The van der Waals surface area contributed by atoms with Crippen molar-refractivity contribution in [1.82, 2.24) is 4.90 Å². The van der Waals surface area contributed by atoms with Crippen LogP contribution >= 0.6 is 0 Å². The van der Waals surface area contributed by atoms with Gasteiger partial charge in [-0.3, -0.25) is 4.79 Å². The molecule has 3 aliphatic rings. The van der Waals surface area contributed by atoms with Crippen molar-refractivity contribution in [2.24, 2.45) is 34.6 Å². The van der Waals surface area contributed by atoms with Gasteiger partial charge < -0.3 is 21.1 Å². The molecule has 0 aromatic carbocycles. The molecule has 154 valence electrons. The van der Waals surface area contributed by atoms with Crippen molar-refractivity contribution in [1.29, 1.82) is 0 Å². The second-order valence-electron chi connectivity index (χ2n) is 10.0. The van der Waals surface area contributed by atoms with Crippen LogP contribution in [0.3, 0.4) is 0 Å². The summed E-state index contributed by atoms with van der Waals surface area (Å²) in [5.41, 5.74) is 11.4. The van der Waals surface area contributed by atoms with E-state index >= 15 is 0 Å². The smallest absolute Gasteiger partial charge is 0.410 e. The summed E-state index contributed by atoms with van der Waals surface area (Å²) in [7, 11) is 0. The molecule has 3 rings (SSSR count). The first-order chi connectivity index (χ1) is 12.6. The molecule has 3 fully saturated rings. The fourth-order valence-electron chi connectivity index (χ4n) is 5.69. The first-order valence-corrected chi connectivity index (χ1v) is 10.6. The summed E-state index contributed by atoms with van der Waals surface area (Å²) in [6.07, 6.45) is 6.59. The highest BCUT2D eigenvalue weighted by atomic mass is 16.6. The largest absolute Gasteiger partial charge is 0.444 e. The van der Waals surface area contributed by atoms with Gasteiger partial charge in [-0.05, 0) is 83.1 Å². The van der Waals surface area contributed by atoms with Gasteiger partial charge in [-0.1, -0.05) is 6.42 Å². The van der Waals surface area contributed by atoms with E-state index < -0.39 is 5.60 Å². The Morgan fingerprint density at radius 2 is 2.00 bits per heavy atom. The molecule has 1 aliphatic heterocycles. The maximum Gasteiger partial charge on any atom is 0.410 e. The Kier molecular flexibility index (Phi) is 5.88. The molecule has 4 unspecified atom stereocenters. The molecule has 2 bridgehead atoms. The highest BCUT2D eigenvalue weighted by Crippen LogP contribution is 2.62. The first-order valence-electron chi connectivity index (χ1n) is 10.6. The van der Waals surface area contributed by atoms with Crippen LogP contribution < -0.4 is 11.5 Å². The Hall–Kier alpha value is -1.14. The van der Waals surface area contributed by atoms with E-state index in [4.69, 9.17) is 16.2 Å². The SMILES string of the molecule is CC(C)(C)OC(=O)N1CCC2(CC3CC2CC3C(=O)[C@@H](N)CCCCN)C1. The number of carbonyl (C=O) groups excluding carboxylic acids is 2. The monoisotopic (exact) mass is 379 g/mol. The zero-order valence-corrected chi connectivity index (χ0v) is 17.2. The fraction of sp³-hybridized carbons (Fsp3) is 0.905. The third kappa shape index (κ3) is 4.32. The van der Waals surface area contributed by atoms with Crippen LogP contribution in [0.1, 0.15) is 65.7 Å². The Bertz CT molecular complexity index is 574. The highest BCUT2D eigenvalue weighted by Gasteiger charge is 2.59. The number of nitrogens with zero attached hydrogens (tertiary/aromatic N) is 1.